The molecule has 1 aliphatic carbocycles. The summed E-state index contributed by atoms with van der Waals surface area (Å²) in [7, 11) is 0. The smallest absolute Gasteiger partial charge is 0.00799 e. The molecular weight excluding hydrogens is 158 g/mol. The van der Waals surface area contributed by atoms with Gasteiger partial charge in [0.1, 0.15) is 0 Å². The maximum absolute atomic E-state index is 5.03. The van der Waals surface area contributed by atoms with Crippen molar-refractivity contribution >= 4 is 0 Å². The van der Waals surface area contributed by atoms with Crippen LogP contribution in [0.15, 0.2) is 23.8 Å². The van der Waals surface area contributed by atoms with E-state index in [1.54, 1.807) is 0 Å². The van der Waals surface area contributed by atoms with Gasteiger partial charge in [-0.15, -0.1) is 0 Å². The molecule has 13 heavy (non-hydrogen) atoms. The van der Waals surface area contributed by atoms with Crippen LogP contribution in [-0.2, 0) is 0 Å². The summed E-state index contributed by atoms with van der Waals surface area (Å²) >= 11 is 0. The molecule has 76 valence electrons. The van der Waals surface area contributed by atoms with Crippen LogP contribution in [0.5, 0.6) is 0 Å². The van der Waals surface area contributed by atoms with Crippen molar-refractivity contribution in [2.75, 3.05) is 6.54 Å². The van der Waals surface area contributed by atoms with Crippen LogP contribution >= 0.6 is 0 Å². The van der Waals surface area contributed by atoms with Gasteiger partial charge in [0.05, 0.1) is 0 Å². The molecule has 0 aromatic heterocycles. The molecule has 1 rings (SSSR count). The summed E-state index contributed by atoms with van der Waals surface area (Å²) in [5.74, 6) is 0.814. The van der Waals surface area contributed by atoms with Gasteiger partial charge in [-0.05, 0) is 38.6 Å². The molecule has 0 bridgehead atoms. The Morgan fingerprint density at radius 3 is 2.38 bits per heavy atom. The van der Waals surface area contributed by atoms with Gasteiger partial charge in [-0.1, -0.05) is 37.6 Å². The van der Waals surface area contributed by atoms with Gasteiger partial charge in [0.25, 0.3) is 0 Å². The zero-order valence-corrected chi connectivity index (χ0v) is 9.22. The second-order valence-corrected chi connectivity index (χ2v) is 3.50. The molecule has 1 nitrogen and oxygen atoms in total. The molecule has 0 saturated heterocycles. The molecule has 0 aliphatic heterocycles. The molecule has 0 aromatic carbocycles. The third-order valence-corrected chi connectivity index (χ3v) is 2.19. The third kappa shape index (κ3) is 6.59. The van der Waals surface area contributed by atoms with Gasteiger partial charge in [0.2, 0.25) is 0 Å². The van der Waals surface area contributed by atoms with Crippen molar-refractivity contribution < 1.29 is 0 Å². The second-order valence-electron chi connectivity index (χ2n) is 3.50. The molecule has 0 radical (unpaired) electrons. The molecule has 0 saturated carbocycles. The predicted molar refractivity (Wildman–Crippen MR) is 60.6 cm³/mol. The van der Waals surface area contributed by atoms with E-state index >= 15 is 0 Å². The zero-order valence-electron chi connectivity index (χ0n) is 9.22. The highest BCUT2D eigenvalue weighted by Crippen LogP contribution is 2.17. The van der Waals surface area contributed by atoms with Crippen LogP contribution in [-0.4, -0.2) is 6.54 Å². The van der Waals surface area contributed by atoms with Crippen molar-refractivity contribution in [1.82, 2.24) is 0 Å². The summed E-state index contributed by atoms with van der Waals surface area (Å²) in [5.41, 5.74) is 6.44. The molecule has 0 aromatic rings. The van der Waals surface area contributed by atoms with Crippen LogP contribution in [0, 0.1) is 5.92 Å². The maximum Gasteiger partial charge on any atom is -0.00799 e. The monoisotopic (exact) mass is 181 g/mol. The van der Waals surface area contributed by atoms with Crippen molar-refractivity contribution in [3.8, 4) is 0 Å². The normalized spacial score (nSPS) is 20.3. The minimum Gasteiger partial charge on any atom is -0.330 e. The molecular formula is C12H23N. The topological polar surface area (TPSA) is 26.0 Å². The largest absolute Gasteiger partial charge is 0.330 e. The highest BCUT2D eigenvalue weighted by Gasteiger charge is 2.02. The van der Waals surface area contributed by atoms with Crippen molar-refractivity contribution in [2.45, 2.75) is 40.0 Å². The Labute approximate surface area is 82.7 Å². The first kappa shape index (κ1) is 12.4. The number of hydrogen-bond donors (Lipinski definition) is 1. The average Bonchev–Trinajstić information content (AvgIpc) is 2.19. The Kier molecular flexibility index (Phi) is 7.71. The molecule has 1 aliphatic rings. The fourth-order valence-electron chi connectivity index (χ4n) is 1.07. The van der Waals surface area contributed by atoms with Crippen LogP contribution in [0.4, 0.5) is 0 Å². The molecule has 0 heterocycles. The molecule has 1 unspecified atom stereocenters. The van der Waals surface area contributed by atoms with E-state index in [9.17, 15) is 0 Å². The van der Waals surface area contributed by atoms with Crippen molar-refractivity contribution in [1.29, 1.82) is 0 Å². The van der Waals surface area contributed by atoms with E-state index in [2.05, 4.69) is 39.0 Å². The maximum atomic E-state index is 5.03. The molecule has 0 spiro atoms. The second kappa shape index (κ2) is 8.06. The van der Waals surface area contributed by atoms with E-state index in [1.165, 1.54) is 18.4 Å². The zero-order chi connectivity index (χ0) is 10.1. The van der Waals surface area contributed by atoms with Gasteiger partial charge in [0, 0.05) is 0 Å². The lowest BCUT2D eigenvalue weighted by atomic mass is 9.95. The molecule has 0 amide bonds. The van der Waals surface area contributed by atoms with Crippen LogP contribution < -0.4 is 5.73 Å². The lowest BCUT2D eigenvalue weighted by Crippen LogP contribution is -1.95. The number of hydrogen-bond acceptors (Lipinski definition) is 1. The number of nitrogens with two attached hydrogens (primary N) is 1. The van der Waals surface area contributed by atoms with Gasteiger partial charge in [-0.3, -0.25) is 0 Å². The van der Waals surface area contributed by atoms with Gasteiger partial charge >= 0.3 is 0 Å². The van der Waals surface area contributed by atoms with Gasteiger partial charge in [-0.25, -0.2) is 0 Å². The minimum absolute atomic E-state index is 0.814. The highest BCUT2D eigenvalue weighted by molar-refractivity contribution is 5.20. The summed E-state index contributed by atoms with van der Waals surface area (Å²) in [5, 5.41) is 0. The predicted octanol–water partition coefficient (Wildman–Crippen LogP) is 3.27. The third-order valence-electron chi connectivity index (χ3n) is 2.19. The van der Waals surface area contributed by atoms with Gasteiger partial charge in [-0.2, -0.15) is 0 Å². The summed E-state index contributed by atoms with van der Waals surface area (Å²) in [6.45, 7) is 7.27. The summed E-state index contributed by atoms with van der Waals surface area (Å²) in [6.07, 6.45) is 10.5. The lowest BCUT2D eigenvalue weighted by molar-refractivity contribution is 0.629. The lowest BCUT2D eigenvalue weighted by Gasteiger charge is -2.10. The van der Waals surface area contributed by atoms with Crippen LogP contribution in [0.2, 0.25) is 0 Å². The SMILES string of the molecule is CCC1C=CC(C)=CC1.CCCN. The fraction of sp³-hybridized carbons (Fsp3) is 0.667. The van der Waals surface area contributed by atoms with Crippen LogP contribution in [0.3, 0.4) is 0 Å². The summed E-state index contributed by atoms with van der Waals surface area (Å²) < 4.78 is 0. The summed E-state index contributed by atoms with van der Waals surface area (Å²) in [4.78, 5) is 0. The molecule has 1 heteroatoms. The Morgan fingerprint density at radius 2 is 2.08 bits per heavy atom. The van der Waals surface area contributed by atoms with Crippen molar-refractivity contribution in [3.05, 3.63) is 23.8 Å². The fourth-order valence-corrected chi connectivity index (χ4v) is 1.07. The standard InChI is InChI=1S/C9H14.C3H9N/c1-3-9-6-4-8(2)5-7-9;1-2-3-4/h4-6,9H,3,7H2,1-2H3;2-4H2,1H3. The first-order valence-electron chi connectivity index (χ1n) is 5.29. The first-order chi connectivity index (χ1) is 6.24. The molecule has 0 fully saturated rings. The van der Waals surface area contributed by atoms with E-state index in [1.807, 2.05) is 0 Å². The first-order valence-corrected chi connectivity index (χ1v) is 5.29. The number of allylic oxidation sites excluding steroid dienone is 4. The van der Waals surface area contributed by atoms with Crippen molar-refractivity contribution in [2.24, 2.45) is 11.7 Å². The van der Waals surface area contributed by atoms with Crippen LogP contribution in [0.25, 0.3) is 0 Å². The van der Waals surface area contributed by atoms with E-state index in [-0.39, 0.29) is 0 Å². The van der Waals surface area contributed by atoms with Crippen LogP contribution in [0.1, 0.15) is 40.0 Å². The van der Waals surface area contributed by atoms with Gasteiger partial charge < -0.3 is 5.73 Å². The van der Waals surface area contributed by atoms with E-state index in [0.29, 0.717) is 0 Å². The average molecular weight is 181 g/mol. The Hall–Kier alpha value is -0.560. The van der Waals surface area contributed by atoms with E-state index in [4.69, 9.17) is 5.73 Å². The summed E-state index contributed by atoms with van der Waals surface area (Å²) in [6, 6.07) is 0. The Balaban J connectivity index is 0.000000310. The Bertz CT molecular complexity index is 166. The van der Waals surface area contributed by atoms with E-state index in [0.717, 1.165) is 18.9 Å². The quantitative estimate of drug-likeness (QED) is 0.695. The highest BCUT2D eigenvalue weighted by atomic mass is 14.5. The van der Waals surface area contributed by atoms with Crippen molar-refractivity contribution in [3.63, 3.8) is 0 Å². The van der Waals surface area contributed by atoms with Gasteiger partial charge in [0.15, 0.2) is 0 Å². The minimum atomic E-state index is 0.814. The van der Waals surface area contributed by atoms with E-state index < -0.39 is 0 Å². The number of rotatable bonds is 2. The molecule has 1 atom stereocenters. The Morgan fingerprint density at radius 1 is 1.46 bits per heavy atom. The molecule has 2 N–H and O–H groups in total.